The van der Waals surface area contributed by atoms with Crippen molar-refractivity contribution in [1.29, 1.82) is 0 Å². The average Bonchev–Trinajstić information content (AvgIpc) is 3.43. The predicted octanol–water partition coefficient (Wildman–Crippen LogP) is 18.4. The van der Waals surface area contributed by atoms with Gasteiger partial charge in [-0.3, -0.25) is 23.4 Å². The van der Waals surface area contributed by atoms with Crippen LogP contribution in [0.5, 0.6) is 0 Å². The van der Waals surface area contributed by atoms with Gasteiger partial charge in [0.1, 0.15) is 12.7 Å². The molecule has 2 N–H and O–H groups in total. The Hall–Kier alpha value is -4.12. The van der Waals surface area contributed by atoms with Crippen LogP contribution in [0.3, 0.4) is 0 Å². The molecule has 0 rings (SSSR count). The molecule has 0 heterocycles. The number of rotatable bonds is 55. The van der Waals surface area contributed by atoms with E-state index in [1.807, 2.05) is 18.2 Å². The molecule has 0 aliphatic heterocycles. The lowest BCUT2D eigenvalue weighted by Crippen LogP contribution is -2.30. The minimum atomic E-state index is -4.79. The van der Waals surface area contributed by atoms with Crippen molar-refractivity contribution in [2.45, 2.75) is 251 Å². The van der Waals surface area contributed by atoms with Crippen molar-refractivity contribution >= 4 is 25.7 Å². The summed E-state index contributed by atoms with van der Waals surface area (Å²) in [5.74, 6) is -1.63. The SMILES string of the molecule is CC/C=C\C/C=C\C/C=C\C/C=C\C/C=C\CC(=O)OC(CO)COP(=O)(O)OCC(COC(=O)CCCCCCCCC/C=C\C/C=C\CCCCC)OC(=O)CCCCCCCC/C=C\C/C=C\C/C=C\CCCCC. The zero-order valence-corrected chi connectivity index (χ0v) is 50.0. The highest BCUT2D eigenvalue weighted by Gasteiger charge is 2.28. The van der Waals surface area contributed by atoms with E-state index in [4.69, 9.17) is 23.3 Å². The number of phosphoric acid groups is 1. The van der Waals surface area contributed by atoms with Gasteiger partial charge in [0.05, 0.1) is 26.2 Å². The van der Waals surface area contributed by atoms with E-state index in [2.05, 4.69) is 118 Å². The molecule has 0 aromatic carbocycles. The van der Waals surface area contributed by atoms with Gasteiger partial charge in [0.15, 0.2) is 6.10 Å². The molecule has 0 amide bonds. The molecule has 0 saturated carbocycles. The van der Waals surface area contributed by atoms with Crippen LogP contribution in [-0.4, -0.2) is 66.5 Å². The summed E-state index contributed by atoms with van der Waals surface area (Å²) in [7, 11) is -4.79. The predicted molar refractivity (Wildman–Crippen MR) is 325 cm³/mol. The van der Waals surface area contributed by atoms with Crippen molar-refractivity contribution in [2.24, 2.45) is 0 Å². The Balaban J connectivity index is 4.85. The van der Waals surface area contributed by atoms with Gasteiger partial charge < -0.3 is 24.2 Å². The van der Waals surface area contributed by atoms with E-state index >= 15 is 0 Å². The zero-order chi connectivity index (χ0) is 56.9. The maximum Gasteiger partial charge on any atom is 0.472 e. The Bertz CT molecular complexity index is 1770. The second kappa shape index (κ2) is 59.0. The maximum absolute atomic E-state index is 12.9. The number of allylic oxidation sites excluding steroid dienone is 19. The van der Waals surface area contributed by atoms with Gasteiger partial charge in [-0.25, -0.2) is 4.57 Å². The quantitative estimate of drug-likeness (QED) is 0.0197. The van der Waals surface area contributed by atoms with E-state index in [0.29, 0.717) is 19.3 Å². The molecule has 0 aromatic rings. The first-order valence-electron chi connectivity index (χ1n) is 30.4. The van der Waals surface area contributed by atoms with Crippen LogP contribution in [-0.2, 0) is 42.2 Å². The van der Waals surface area contributed by atoms with Crippen LogP contribution in [0.4, 0.5) is 0 Å². The second-order valence-electron chi connectivity index (χ2n) is 19.8. The summed E-state index contributed by atoms with van der Waals surface area (Å²) in [6, 6.07) is 0. The fourth-order valence-corrected chi connectivity index (χ4v) is 8.55. The summed E-state index contributed by atoms with van der Waals surface area (Å²) in [4.78, 5) is 48.6. The lowest BCUT2D eigenvalue weighted by molar-refractivity contribution is -0.161. The summed E-state index contributed by atoms with van der Waals surface area (Å²) in [6.45, 7) is 4.34. The summed E-state index contributed by atoms with van der Waals surface area (Å²) in [6.07, 6.45) is 73.2. The largest absolute Gasteiger partial charge is 0.472 e. The molecule has 0 aliphatic carbocycles. The molecule has 12 heteroatoms. The van der Waals surface area contributed by atoms with Gasteiger partial charge in [-0.05, 0) is 116 Å². The van der Waals surface area contributed by atoms with Gasteiger partial charge in [-0.15, -0.1) is 0 Å². The number of unbranched alkanes of at least 4 members (excludes halogenated alkanes) is 19. The van der Waals surface area contributed by atoms with Gasteiger partial charge in [-0.1, -0.05) is 226 Å². The van der Waals surface area contributed by atoms with Gasteiger partial charge in [-0.2, -0.15) is 0 Å². The van der Waals surface area contributed by atoms with E-state index in [-0.39, 0.29) is 25.9 Å². The summed E-state index contributed by atoms with van der Waals surface area (Å²) < 4.78 is 39.5. The van der Waals surface area contributed by atoms with Crippen LogP contribution in [0, 0.1) is 0 Å². The lowest BCUT2D eigenvalue weighted by Gasteiger charge is -2.21. The van der Waals surface area contributed by atoms with Crippen LogP contribution in [0.2, 0.25) is 0 Å². The first-order valence-corrected chi connectivity index (χ1v) is 31.9. The standard InChI is InChI=1S/C66H109O11P/c1-4-7-10-13-16-19-22-25-28-30-31-33-36-39-42-45-48-51-54-57-66(70)77-63(59-73-64(68)55-52-49-46-43-40-37-35-32-29-26-23-20-17-14-11-8-5-2)61-75-78(71,72)74-60-62(58-67)76-65(69)56-53-50-47-44-41-38-34-27-24-21-18-15-12-9-6-3/h9,12,16-21,25-29,31,33-34,41,44,50,53,62-63,67H,4-8,10-11,13-15,22-24,30,32,35-40,42-43,45-49,51-52,54-61H2,1-3H3,(H,71,72)/b12-9-,19-16-,20-17-,21-18-,28-25-,29-26-,33-31-,34-27-,44-41-,53-50-. The molecule has 0 bridgehead atoms. The van der Waals surface area contributed by atoms with E-state index in [1.165, 1.54) is 64.2 Å². The third kappa shape index (κ3) is 56.6. The Morgan fingerprint density at radius 1 is 0.385 bits per heavy atom. The summed E-state index contributed by atoms with van der Waals surface area (Å²) >= 11 is 0. The van der Waals surface area contributed by atoms with Crippen LogP contribution in [0.15, 0.2) is 122 Å². The summed E-state index contributed by atoms with van der Waals surface area (Å²) in [5.41, 5.74) is 0. The maximum atomic E-state index is 12.9. The molecule has 0 saturated heterocycles. The number of aliphatic hydroxyl groups excluding tert-OH is 1. The number of aliphatic hydroxyl groups is 1. The first kappa shape index (κ1) is 73.9. The normalized spacial score (nSPS) is 14.2. The lowest BCUT2D eigenvalue weighted by atomic mass is 10.1. The van der Waals surface area contributed by atoms with E-state index < -0.39 is 57.8 Å². The minimum absolute atomic E-state index is 0.0618. The Labute approximate surface area is 475 Å². The van der Waals surface area contributed by atoms with Crippen molar-refractivity contribution in [2.75, 3.05) is 26.4 Å². The zero-order valence-electron chi connectivity index (χ0n) is 49.1. The number of phosphoric ester groups is 1. The second-order valence-corrected chi connectivity index (χ2v) is 21.2. The van der Waals surface area contributed by atoms with Crippen LogP contribution in [0.25, 0.3) is 0 Å². The molecule has 0 spiro atoms. The smallest absolute Gasteiger partial charge is 0.462 e. The fraction of sp³-hybridized carbons (Fsp3) is 0.652. The molecule has 0 fully saturated rings. The van der Waals surface area contributed by atoms with Crippen molar-refractivity contribution < 1.29 is 52.2 Å². The highest BCUT2D eigenvalue weighted by Crippen LogP contribution is 2.43. The third-order valence-corrected chi connectivity index (χ3v) is 13.3. The molecule has 3 unspecified atom stereocenters. The molecule has 0 radical (unpaired) electrons. The third-order valence-electron chi connectivity index (χ3n) is 12.4. The Kier molecular flexibility index (Phi) is 55.9. The molecule has 0 aliphatic rings. The minimum Gasteiger partial charge on any atom is -0.462 e. The summed E-state index contributed by atoms with van der Waals surface area (Å²) in [5, 5.41) is 9.81. The molecule has 3 atom stereocenters. The number of esters is 3. The molecule has 11 nitrogen and oxygen atoms in total. The molecule has 78 heavy (non-hydrogen) atoms. The molecule has 0 aromatic heterocycles. The van der Waals surface area contributed by atoms with E-state index in [1.54, 1.807) is 6.08 Å². The Morgan fingerprint density at radius 3 is 1.13 bits per heavy atom. The van der Waals surface area contributed by atoms with Crippen LogP contribution >= 0.6 is 7.82 Å². The van der Waals surface area contributed by atoms with Crippen LogP contribution in [0.1, 0.15) is 239 Å². The fourth-order valence-electron chi connectivity index (χ4n) is 7.76. The topological polar surface area (TPSA) is 155 Å². The van der Waals surface area contributed by atoms with Gasteiger partial charge >= 0.3 is 25.7 Å². The van der Waals surface area contributed by atoms with Crippen molar-refractivity contribution in [1.82, 2.24) is 0 Å². The number of carbonyl (C=O) groups is 3. The van der Waals surface area contributed by atoms with Crippen molar-refractivity contribution in [3.05, 3.63) is 122 Å². The number of carbonyl (C=O) groups excluding carboxylic acids is 3. The van der Waals surface area contributed by atoms with E-state index in [0.717, 1.165) is 116 Å². The van der Waals surface area contributed by atoms with Gasteiger partial charge in [0, 0.05) is 12.8 Å². The highest BCUT2D eigenvalue weighted by molar-refractivity contribution is 7.47. The highest BCUT2D eigenvalue weighted by atomic mass is 31.2. The van der Waals surface area contributed by atoms with Crippen molar-refractivity contribution in [3.8, 4) is 0 Å². The number of hydrogen-bond acceptors (Lipinski definition) is 10. The van der Waals surface area contributed by atoms with Crippen LogP contribution < -0.4 is 0 Å². The first-order chi connectivity index (χ1) is 38.2. The number of hydrogen-bond donors (Lipinski definition) is 2. The van der Waals surface area contributed by atoms with Crippen molar-refractivity contribution in [3.63, 3.8) is 0 Å². The monoisotopic (exact) mass is 1110 g/mol. The number of ether oxygens (including phenoxy) is 3. The van der Waals surface area contributed by atoms with Gasteiger partial charge in [0.2, 0.25) is 0 Å². The molecule has 444 valence electrons. The van der Waals surface area contributed by atoms with E-state index in [9.17, 15) is 28.9 Å². The molecular formula is C66H109O11P. The molecular weight excluding hydrogens is 1000 g/mol. The Morgan fingerprint density at radius 2 is 0.718 bits per heavy atom. The average molecular weight is 1110 g/mol. The van der Waals surface area contributed by atoms with Gasteiger partial charge in [0.25, 0.3) is 0 Å².